The quantitative estimate of drug-likeness (QED) is 0.639. The lowest BCUT2D eigenvalue weighted by Crippen LogP contribution is -2.61. The molecule has 0 amide bonds. The monoisotopic (exact) mass is 370 g/mol. The second kappa shape index (κ2) is 5.01. The first-order chi connectivity index (χ1) is 11.3. The molecule has 2 heterocycles. The Morgan fingerprint density at radius 1 is 0.870 bits per heavy atom. The number of benzene rings is 2. The van der Waals surface area contributed by atoms with Crippen LogP contribution in [0.25, 0.3) is 0 Å². The highest BCUT2D eigenvalue weighted by Gasteiger charge is 2.56. The maximum atomic E-state index is 6.65. The van der Waals surface area contributed by atoms with Gasteiger partial charge in [0.25, 0.3) is 5.79 Å². The Kier molecular flexibility index (Phi) is 3.03. The van der Waals surface area contributed by atoms with Gasteiger partial charge >= 0.3 is 0 Å². The lowest BCUT2D eigenvalue weighted by Gasteiger charge is -2.53. The van der Waals surface area contributed by atoms with Crippen LogP contribution in [0.5, 0.6) is 11.5 Å². The molecule has 3 atom stereocenters. The lowest BCUT2D eigenvalue weighted by atomic mass is 9.68. The van der Waals surface area contributed by atoms with Gasteiger partial charge in [-0.2, -0.15) is 0 Å². The maximum Gasteiger partial charge on any atom is 0.257 e. The molecule has 23 heavy (non-hydrogen) atoms. The summed E-state index contributed by atoms with van der Waals surface area (Å²) in [7, 11) is 0. The molecule has 1 saturated carbocycles. The standard InChI is InChI=1S/C20H19BrO2/c21-17-9-3-6-14-12-16-8-4-7-15-11-13-5-1-2-10-18(13)22-20(15,16)23-19(14)17/h1-3,5-6,9-10,15-16H,4,7-8,11-12H2/t15-,16-,20-/m1/s1. The summed E-state index contributed by atoms with van der Waals surface area (Å²) in [6.45, 7) is 0. The van der Waals surface area contributed by atoms with Crippen molar-refractivity contribution in [2.45, 2.75) is 37.9 Å². The van der Waals surface area contributed by atoms with Crippen molar-refractivity contribution in [2.75, 3.05) is 0 Å². The van der Waals surface area contributed by atoms with Gasteiger partial charge in [0.05, 0.1) is 4.47 Å². The van der Waals surface area contributed by atoms with Crippen molar-refractivity contribution in [1.82, 2.24) is 0 Å². The lowest BCUT2D eigenvalue weighted by molar-refractivity contribution is -0.226. The molecule has 0 saturated heterocycles. The van der Waals surface area contributed by atoms with Crippen LogP contribution in [0, 0.1) is 11.8 Å². The predicted molar refractivity (Wildman–Crippen MR) is 92.8 cm³/mol. The zero-order chi connectivity index (χ0) is 15.4. The van der Waals surface area contributed by atoms with Crippen molar-refractivity contribution >= 4 is 15.9 Å². The molecule has 2 nitrogen and oxygen atoms in total. The number of rotatable bonds is 0. The number of para-hydroxylation sites is 2. The first-order valence-corrected chi connectivity index (χ1v) is 9.29. The van der Waals surface area contributed by atoms with Crippen LogP contribution in [0.1, 0.15) is 30.4 Å². The van der Waals surface area contributed by atoms with Gasteiger partial charge in [0.15, 0.2) is 0 Å². The van der Waals surface area contributed by atoms with E-state index in [1.54, 1.807) is 0 Å². The van der Waals surface area contributed by atoms with E-state index in [-0.39, 0.29) is 0 Å². The summed E-state index contributed by atoms with van der Waals surface area (Å²) in [4.78, 5) is 0. The van der Waals surface area contributed by atoms with Gasteiger partial charge in [0, 0.05) is 11.8 Å². The second-order valence-corrected chi connectivity index (χ2v) is 7.85. The van der Waals surface area contributed by atoms with E-state index in [0.717, 1.165) is 28.8 Å². The smallest absolute Gasteiger partial charge is 0.257 e. The number of hydrogen-bond acceptors (Lipinski definition) is 2. The molecule has 5 rings (SSSR count). The highest BCUT2D eigenvalue weighted by atomic mass is 79.9. The summed E-state index contributed by atoms with van der Waals surface area (Å²) in [6, 6.07) is 14.8. The Morgan fingerprint density at radius 3 is 2.48 bits per heavy atom. The topological polar surface area (TPSA) is 18.5 Å². The minimum Gasteiger partial charge on any atom is -0.451 e. The predicted octanol–water partition coefficient (Wildman–Crippen LogP) is 5.13. The van der Waals surface area contributed by atoms with Crippen LogP contribution in [0.4, 0.5) is 0 Å². The van der Waals surface area contributed by atoms with Crippen molar-refractivity contribution in [2.24, 2.45) is 11.8 Å². The highest BCUT2D eigenvalue weighted by Crippen LogP contribution is 2.53. The molecule has 3 heteroatoms. The molecule has 118 valence electrons. The molecule has 2 aromatic rings. The molecule has 0 unspecified atom stereocenters. The number of ether oxygens (including phenoxy) is 2. The van der Waals surface area contributed by atoms with E-state index in [0.29, 0.717) is 11.8 Å². The highest BCUT2D eigenvalue weighted by molar-refractivity contribution is 9.10. The zero-order valence-electron chi connectivity index (χ0n) is 12.9. The molecule has 0 radical (unpaired) electrons. The largest absolute Gasteiger partial charge is 0.451 e. The van der Waals surface area contributed by atoms with Crippen molar-refractivity contribution in [3.8, 4) is 11.5 Å². The number of halogens is 1. The van der Waals surface area contributed by atoms with Crippen molar-refractivity contribution < 1.29 is 9.47 Å². The Bertz CT molecular complexity index is 772. The van der Waals surface area contributed by atoms with Gasteiger partial charge in [-0.05, 0) is 64.9 Å². The van der Waals surface area contributed by atoms with Crippen molar-refractivity contribution in [1.29, 1.82) is 0 Å². The Hall–Kier alpha value is -1.48. The van der Waals surface area contributed by atoms with Crippen molar-refractivity contribution in [3.63, 3.8) is 0 Å². The van der Waals surface area contributed by atoms with Gasteiger partial charge in [-0.15, -0.1) is 0 Å². The first-order valence-electron chi connectivity index (χ1n) is 8.49. The summed E-state index contributed by atoms with van der Waals surface area (Å²) in [5.74, 6) is 2.39. The van der Waals surface area contributed by atoms with Crippen LogP contribution in [-0.4, -0.2) is 5.79 Å². The molecule has 1 aliphatic carbocycles. The van der Waals surface area contributed by atoms with Gasteiger partial charge in [0.1, 0.15) is 11.5 Å². The van der Waals surface area contributed by atoms with Gasteiger partial charge in [-0.1, -0.05) is 36.8 Å². The summed E-state index contributed by atoms with van der Waals surface area (Å²) in [6.07, 6.45) is 5.75. The third-order valence-corrected chi connectivity index (χ3v) is 6.35. The van der Waals surface area contributed by atoms with E-state index in [1.165, 1.54) is 30.4 Å². The van der Waals surface area contributed by atoms with E-state index >= 15 is 0 Å². The molecular formula is C20H19BrO2. The van der Waals surface area contributed by atoms with Gasteiger partial charge in [-0.3, -0.25) is 0 Å². The molecule has 3 aliphatic rings. The van der Waals surface area contributed by atoms with Crippen LogP contribution in [0.3, 0.4) is 0 Å². The Labute approximate surface area is 144 Å². The fraction of sp³-hybridized carbons (Fsp3) is 0.400. The van der Waals surface area contributed by atoms with Gasteiger partial charge in [0.2, 0.25) is 0 Å². The van der Waals surface area contributed by atoms with Crippen LogP contribution >= 0.6 is 15.9 Å². The molecular weight excluding hydrogens is 352 g/mol. The van der Waals surface area contributed by atoms with E-state index in [4.69, 9.17) is 9.47 Å². The molecule has 2 aromatic carbocycles. The van der Waals surface area contributed by atoms with Crippen LogP contribution in [0.2, 0.25) is 0 Å². The van der Waals surface area contributed by atoms with E-state index < -0.39 is 5.79 Å². The van der Waals surface area contributed by atoms with Gasteiger partial charge < -0.3 is 9.47 Å². The van der Waals surface area contributed by atoms with Crippen LogP contribution < -0.4 is 9.47 Å². The number of fused-ring (bicyclic) bond motifs is 2. The summed E-state index contributed by atoms with van der Waals surface area (Å²) in [5, 5.41) is 0. The zero-order valence-corrected chi connectivity index (χ0v) is 14.5. The molecule has 1 spiro atoms. The Balaban J connectivity index is 1.64. The minimum absolute atomic E-state index is 0.441. The third-order valence-electron chi connectivity index (χ3n) is 5.73. The summed E-state index contributed by atoms with van der Waals surface area (Å²) >= 11 is 3.66. The van der Waals surface area contributed by atoms with Crippen LogP contribution in [-0.2, 0) is 12.8 Å². The molecule has 0 aromatic heterocycles. The Morgan fingerprint density at radius 2 is 1.61 bits per heavy atom. The maximum absolute atomic E-state index is 6.65. The SMILES string of the molecule is Brc1cccc2c1O[C@]13Oc4ccccc4C[C@H]1CCC[C@@H]3C2. The summed E-state index contributed by atoms with van der Waals surface area (Å²) < 4.78 is 14.3. The average molecular weight is 371 g/mol. The summed E-state index contributed by atoms with van der Waals surface area (Å²) in [5.41, 5.74) is 2.63. The molecule has 0 bridgehead atoms. The van der Waals surface area contributed by atoms with E-state index in [1.807, 2.05) is 0 Å². The van der Waals surface area contributed by atoms with Crippen molar-refractivity contribution in [3.05, 3.63) is 58.1 Å². The minimum atomic E-state index is -0.483. The van der Waals surface area contributed by atoms with Crippen LogP contribution in [0.15, 0.2) is 46.9 Å². The fourth-order valence-electron chi connectivity index (χ4n) is 4.65. The average Bonchev–Trinajstić information content (AvgIpc) is 2.57. The van der Waals surface area contributed by atoms with E-state index in [2.05, 4.69) is 58.4 Å². The number of hydrogen-bond donors (Lipinski definition) is 0. The molecule has 0 N–H and O–H groups in total. The molecule has 2 aliphatic heterocycles. The first kappa shape index (κ1) is 13.9. The second-order valence-electron chi connectivity index (χ2n) is 6.99. The van der Waals surface area contributed by atoms with E-state index in [9.17, 15) is 0 Å². The molecule has 1 fully saturated rings. The fourth-order valence-corrected chi connectivity index (χ4v) is 5.14. The van der Waals surface area contributed by atoms with Gasteiger partial charge in [-0.25, -0.2) is 0 Å². The third kappa shape index (κ3) is 1.99. The normalized spacial score (nSPS) is 30.8.